The molecule has 6 heteroatoms. The zero-order valence-corrected chi connectivity index (χ0v) is 15.8. The van der Waals surface area contributed by atoms with E-state index < -0.39 is 11.6 Å². The first kappa shape index (κ1) is 19.1. The van der Waals surface area contributed by atoms with Crippen molar-refractivity contribution in [2.45, 2.75) is 59.7 Å². The quantitative estimate of drug-likeness (QED) is 0.843. The number of aromatic nitrogens is 2. The van der Waals surface area contributed by atoms with Gasteiger partial charge in [0.15, 0.2) is 0 Å². The molecule has 0 aromatic carbocycles. The van der Waals surface area contributed by atoms with Crippen molar-refractivity contribution in [1.82, 2.24) is 14.7 Å². The maximum atomic E-state index is 12.4. The van der Waals surface area contributed by atoms with Gasteiger partial charge >= 0.3 is 5.97 Å². The highest BCUT2D eigenvalue weighted by Gasteiger charge is 2.27. The van der Waals surface area contributed by atoms with Crippen LogP contribution in [0.15, 0.2) is 29.2 Å². The maximum Gasteiger partial charge on any atom is 0.323 e. The first-order chi connectivity index (χ1) is 11.6. The van der Waals surface area contributed by atoms with E-state index in [2.05, 4.69) is 10.3 Å². The fourth-order valence-corrected chi connectivity index (χ4v) is 2.52. The Bertz CT molecular complexity index is 819. The number of ether oxygens (including phenoxy) is 1. The van der Waals surface area contributed by atoms with Gasteiger partial charge in [0.2, 0.25) is 0 Å². The number of hydrogen-bond acceptors (Lipinski definition) is 5. The molecule has 0 aliphatic heterocycles. The van der Waals surface area contributed by atoms with Gasteiger partial charge < -0.3 is 4.74 Å². The lowest BCUT2D eigenvalue weighted by Crippen LogP contribution is -2.44. The van der Waals surface area contributed by atoms with Crippen LogP contribution in [0.3, 0.4) is 0 Å². The average Bonchev–Trinajstić information content (AvgIpc) is 2.46. The third-order valence-electron chi connectivity index (χ3n) is 3.69. The number of esters is 1. The molecule has 0 amide bonds. The number of nitrogens with zero attached hydrogens (tertiary/aromatic N) is 2. The van der Waals surface area contributed by atoms with Crippen LogP contribution in [-0.2, 0) is 16.1 Å². The van der Waals surface area contributed by atoms with Gasteiger partial charge in [-0.25, -0.2) is 4.98 Å². The second-order valence-corrected chi connectivity index (χ2v) is 7.66. The summed E-state index contributed by atoms with van der Waals surface area (Å²) in [6.07, 6.45) is 1.76. The predicted molar refractivity (Wildman–Crippen MR) is 97.5 cm³/mol. The van der Waals surface area contributed by atoms with Gasteiger partial charge in [-0.2, -0.15) is 0 Å². The van der Waals surface area contributed by atoms with E-state index >= 15 is 0 Å². The molecule has 0 spiro atoms. The summed E-state index contributed by atoms with van der Waals surface area (Å²) in [5.41, 5.74) is 1.51. The minimum atomic E-state index is -0.538. The smallest absolute Gasteiger partial charge is 0.323 e. The van der Waals surface area contributed by atoms with E-state index in [0.717, 1.165) is 5.56 Å². The monoisotopic (exact) mass is 345 g/mol. The highest BCUT2D eigenvalue weighted by Crippen LogP contribution is 2.13. The summed E-state index contributed by atoms with van der Waals surface area (Å²) in [6.45, 7) is 11.7. The Kier molecular flexibility index (Phi) is 5.62. The van der Waals surface area contributed by atoms with Crippen LogP contribution in [-0.4, -0.2) is 27.0 Å². The molecule has 25 heavy (non-hydrogen) atoms. The summed E-state index contributed by atoms with van der Waals surface area (Å²) in [4.78, 5) is 29.1. The van der Waals surface area contributed by atoms with Crippen molar-refractivity contribution in [3.8, 4) is 0 Å². The average molecular weight is 345 g/mol. The zero-order chi connectivity index (χ0) is 18.8. The summed E-state index contributed by atoms with van der Waals surface area (Å²) in [5, 5.41) is 3.18. The molecule has 1 atom stereocenters. The number of nitrogens with one attached hydrogen (secondary N) is 1. The van der Waals surface area contributed by atoms with Crippen LogP contribution in [0.5, 0.6) is 0 Å². The first-order valence-corrected chi connectivity index (χ1v) is 8.52. The lowest BCUT2D eigenvalue weighted by Gasteiger charge is -2.26. The third kappa shape index (κ3) is 5.13. The van der Waals surface area contributed by atoms with E-state index in [1.165, 1.54) is 10.5 Å². The van der Waals surface area contributed by atoms with Crippen molar-refractivity contribution < 1.29 is 9.53 Å². The molecule has 0 fully saturated rings. The Hall–Kier alpha value is -2.21. The van der Waals surface area contributed by atoms with Crippen LogP contribution in [0, 0.1) is 12.8 Å². The predicted octanol–water partition coefficient (Wildman–Crippen LogP) is 2.46. The molecule has 1 N–H and O–H groups in total. The fraction of sp³-hybridized carbons (Fsp3) is 0.526. The number of pyridine rings is 1. The number of carbonyl (C=O) groups is 1. The zero-order valence-electron chi connectivity index (χ0n) is 15.8. The van der Waals surface area contributed by atoms with Crippen molar-refractivity contribution in [2.24, 2.45) is 5.92 Å². The Labute approximate surface area is 148 Å². The van der Waals surface area contributed by atoms with E-state index in [4.69, 9.17) is 4.74 Å². The largest absolute Gasteiger partial charge is 0.459 e. The molecule has 0 aliphatic carbocycles. The Morgan fingerprint density at radius 2 is 2.00 bits per heavy atom. The number of hydrogen-bond donors (Lipinski definition) is 1. The molecule has 0 radical (unpaired) electrons. The summed E-state index contributed by atoms with van der Waals surface area (Å²) >= 11 is 0. The van der Waals surface area contributed by atoms with Crippen LogP contribution in [0.25, 0.3) is 5.65 Å². The molecule has 0 saturated heterocycles. The molecule has 2 aromatic heterocycles. The lowest BCUT2D eigenvalue weighted by atomic mass is 10.0. The van der Waals surface area contributed by atoms with E-state index in [0.29, 0.717) is 17.9 Å². The number of fused-ring (bicyclic) bond motifs is 1. The fourth-order valence-electron chi connectivity index (χ4n) is 2.52. The summed E-state index contributed by atoms with van der Waals surface area (Å²) in [6, 6.07) is 4.76. The van der Waals surface area contributed by atoms with Crippen molar-refractivity contribution in [2.75, 3.05) is 0 Å². The number of rotatable bonds is 5. The standard InChI is InChI=1S/C19H27N3O3/c1-12(2)17(18(24)25-19(4,5)6)20-10-14-9-16(23)22-11-13(3)7-8-15(22)21-14/h7-9,11-12,17,20H,10H2,1-6H3. The van der Waals surface area contributed by atoms with Crippen molar-refractivity contribution in [3.05, 3.63) is 46.0 Å². The van der Waals surface area contributed by atoms with Gasteiger partial charge in [-0.3, -0.25) is 19.3 Å². The molecule has 2 aromatic rings. The normalized spacial score (nSPS) is 13.2. The van der Waals surface area contributed by atoms with Gasteiger partial charge in [-0.15, -0.1) is 0 Å². The van der Waals surface area contributed by atoms with Crippen LogP contribution in [0.2, 0.25) is 0 Å². The summed E-state index contributed by atoms with van der Waals surface area (Å²) in [5.74, 6) is -0.241. The molecule has 6 nitrogen and oxygen atoms in total. The molecule has 136 valence electrons. The van der Waals surface area contributed by atoms with Gasteiger partial charge in [-0.05, 0) is 45.2 Å². The molecule has 0 saturated carbocycles. The third-order valence-corrected chi connectivity index (χ3v) is 3.69. The van der Waals surface area contributed by atoms with E-state index in [9.17, 15) is 9.59 Å². The highest BCUT2D eigenvalue weighted by atomic mass is 16.6. The lowest BCUT2D eigenvalue weighted by molar-refractivity contribution is -0.158. The molecule has 0 bridgehead atoms. The van der Waals surface area contributed by atoms with Gasteiger partial charge in [0.1, 0.15) is 17.3 Å². The topological polar surface area (TPSA) is 72.7 Å². The van der Waals surface area contributed by atoms with Gasteiger partial charge in [0.25, 0.3) is 5.56 Å². The SMILES string of the molecule is Cc1ccc2nc(CNC(C(=O)OC(C)(C)C)C(C)C)cc(=O)n2c1. The van der Waals surface area contributed by atoms with Crippen LogP contribution >= 0.6 is 0 Å². The van der Waals surface area contributed by atoms with Gasteiger partial charge in [0.05, 0.1) is 5.69 Å². The maximum absolute atomic E-state index is 12.4. The van der Waals surface area contributed by atoms with Crippen molar-refractivity contribution >= 4 is 11.6 Å². The molecule has 2 rings (SSSR count). The van der Waals surface area contributed by atoms with Gasteiger partial charge in [0, 0.05) is 18.8 Å². The molecule has 0 aliphatic rings. The summed E-state index contributed by atoms with van der Waals surface area (Å²) < 4.78 is 6.99. The minimum Gasteiger partial charge on any atom is -0.459 e. The number of aryl methyl sites for hydroxylation is 1. The van der Waals surface area contributed by atoms with Crippen LogP contribution in [0.1, 0.15) is 45.9 Å². The van der Waals surface area contributed by atoms with E-state index in [1.54, 1.807) is 6.20 Å². The molecular formula is C19H27N3O3. The Morgan fingerprint density at radius 1 is 1.32 bits per heavy atom. The van der Waals surface area contributed by atoms with E-state index in [1.807, 2.05) is 53.7 Å². The second-order valence-electron chi connectivity index (χ2n) is 7.66. The number of carbonyl (C=O) groups excluding carboxylic acids is 1. The molecular weight excluding hydrogens is 318 g/mol. The molecule has 1 unspecified atom stereocenters. The van der Waals surface area contributed by atoms with Gasteiger partial charge in [-0.1, -0.05) is 19.9 Å². The Morgan fingerprint density at radius 3 is 2.60 bits per heavy atom. The van der Waals surface area contributed by atoms with Crippen LogP contribution < -0.4 is 10.9 Å². The van der Waals surface area contributed by atoms with E-state index in [-0.39, 0.29) is 17.4 Å². The van der Waals surface area contributed by atoms with Crippen molar-refractivity contribution in [3.63, 3.8) is 0 Å². The first-order valence-electron chi connectivity index (χ1n) is 8.52. The van der Waals surface area contributed by atoms with Crippen molar-refractivity contribution in [1.29, 1.82) is 0 Å². The molecule has 2 heterocycles. The minimum absolute atomic E-state index is 0.0547. The Balaban J connectivity index is 2.18. The second kappa shape index (κ2) is 7.35. The summed E-state index contributed by atoms with van der Waals surface area (Å²) in [7, 11) is 0. The van der Waals surface area contributed by atoms with Crippen LogP contribution in [0.4, 0.5) is 0 Å². The highest BCUT2D eigenvalue weighted by molar-refractivity contribution is 5.76.